The molecular weight excluding hydrogens is 468 g/mol. The van der Waals surface area contributed by atoms with E-state index in [0.717, 1.165) is 5.56 Å². The van der Waals surface area contributed by atoms with Crippen LogP contribution in [0.3, 0.4) is 0 Å². The highest BCUT2D eigenvalue weighted by atomic mass is 32.2. The molecule has 4 unspecified atom stereocenters. The number of nitrogens with one attached hydrogen (secondary N) is 3. The molecule has 1 aromatic carbocycles. The van der Waals surface area contributed by atoms with E-state index in [1.165, 1.54) is 11.8 Å². The van der Waals surface area contributed by atoms with E-state index < -0.39 is 47.9 Å². The number of carbonyl (C=O) groups excluding carboxylic acids is 3. The maximum atomic E-state index is 13.2. The van der Waals surface area contributed by atoms with Gasteiger partial charge in [-0.15, -0.1) is 0 Å². The average Bonchev–Trinajstić information content (AvgIpc) is 2.80. The van der Waals surface area contributed by atoms with E-state index >= 15 is 0 Å². The maximum Gasteiger partial charge on any atom is 0.326 e. The second-order valence-corrected chi connectivity index (χ2v) is 10.4. The number of amides is 3. The minimum atomic E-state index is -1.13. The van der Waals surface area contributed by atoms with Gasteiger partial charge < -0.3 is 26.8 Å². The summed E-state index contributed by atoms with van der Waals surface area (Å²) in [5.74, 6) is -2.14. The van der Waals surface area contributed by atoms with Crippen molar-refractivity contribution in [3.8, 4) is 0 Å². The van der Waals surface area contributed by atoms with Crippen LogP contribution in [0.25, 0.3) is 0 Å². The molecule has 0 bridgehead atoms. The molecule has 0 saturated heterocycles. The molecule has 0 fully saturated rings. The number of thioether (sulfide) groups is 1. The third-order valence-electron chi connectivity index (χ3n) is 5.50. The summed E-state index contributed by atoms with van der Waals surface area (Å²) < 4.78 is 0. The second kappa shape index (κ2) is 15.4. The first kappa shape index (κ1) is 30.4. The number of carboxylic acids is 1. The van der Waals surface area contributed by atoms with Gasteiger partial charge in [-0.25, -0.2) is 4.79 Å². The van der Waals surface area contributed by atoms with Crippen molar-refractivity contribution in [1.82, 2.24) is 16.0 Å². The van der Waals surface area contributed by atoms with Gasteiger partial charge in [0.15, 0.2) is 0 Å². The lowest BCUT2D eigenvalue weighted by Gasteiger charge is -2.26. The topological polar surface area (TPSA) is 151 Å². The number of benzene rings is 1. The summed E-state index contributed by atoms with van der Waals surface area (Å²) in [4.78, 5) is 50.6. The first-order valence-electron chi connectivity index (χ1n) is 11.9. The van der Waals surface area contributed by atoms with Crippen LogP contribution in [0.5, 0.6) is 0 Å². The Kier molecular flexibility index (Phi) is 13.4. The Balaban J connectivity index is 3.11. The monoisotopic (exact) mass is 508 g/mol. The molecule has 9 nitrogen and oxygen atoms in total. The van der Waals surface area contributed by atoms with Gasteiger partial charge in [-0.3, -0.25) is 14.4 Å². The standard InChI is InChI=1S/C25H40N4O5S/c1-15(2)13-19(29-24(32)21(26)16(3)4)22(30)28-20(14-17-9-7-6-8-10-17)23(31)27-18(25(33)34)11-12-35-5/h6-10,15-16,18-21H,11-14,26H2,1-5H3,(H,27,31)(H,28,30)(H,29,32)(H,33,34). The van der Waals surface area contributed by atoms with Crippen LogP contribution in [0.15, 0.2) is 30.3 Å². The average molecular weight is 509 g/mol. The van der Waals surface area contributed by atoms with Crippen molar-refractivity contribution in [2.75, 3.05) is 12.0 Å². The summed E-state index contributed by atoms with van der Waals surface area (Å²) in [6.45, 7) is 7.48. The van der Waals surface area contributed by atoms with Gasteiger partial charge in [0.25, 0.3) is 0 Å². The summed E-state index contributed by atoms with van der Waals surface area (Å²) in [6.07, 6.45) is 2.63. The molecule has 0 aliphatic rings. The normalized spacial score (nSPS) is 14.6. The Morgan fingerprint density at radius 1 is 0.886 bits per heavy atom. The number of hydrogen-bond donors (Lipinski definition) is 5. The molecule has 196 valence electrons. The van der Waals surface area contributed by atoms with Crippen molar-refractivity contribution in [1.29, 1.82) is 0 Å². The van der Waals surface area contributed by atoms with E-state index in [9.17, 15) is 24.3 Å². The molecular formula is C25H40N4O5S. The zero-order chi connectivity index (χ0) is 26.5. The van der Waals surface area contributed by atoms with Crippen molar-refractivity contribution in [2.45, 2.75) is 71.1 Å². The van der Waals surface area contributed by atoms with Crippen LogP contribution in [-0.2, 0) is 25.6 Å². The molecule has 0 aliphatic carbocycles. The highest BCUT2D eigenvalue weighted by molar-refractivity contribution is 7.98. The number of rotatable bonds is 15. The number of carbonyl (C=O) groups is 4. The van der Waals surface area contributed by atoms with E-state index in [-0.39, 0.29) is 24.7 Å². The quantitative estimate of drug-likeness (QED) is 0.241. The minimum Gasteiger partial charge on any atom is -0.480 e. The van der Waals surface area contributed by atoms with Gasteiger partial charge >= 0.3 is 5.97 Å². The predicted molar refractivity (Wildman–Crippen MR) is 139 cm³/mol. The van der Waals surface area contributed by atoms with Crippen LogP contribution in [0, 0.1) is 11.8 Å². The molecule has 1 aromatic rings. The summed E-state index contributed by atoms with van der Waals surface area (Å²) in [5, 5.41) is 17.5. The van der Waals surface area contributed by atoms with Crippen LogP contribution < -0.4 is 21.7 Å². The van der Waals surface area contributed by atoms with Crippen molar-refractivity contribution >= 4 is 35.5 Å². The van der Waals surface area contributed by atoms with Crippen LogP contribution >= 0.6 is 11.8 Å². The zero-order valence-corrected chi connectivity index (χ0v) is 22.1. The summed E-state index contributed by atoms with van der Waals surface area (Å²) >= 11 is 1.48. The summed E-state index contributed by atoms with van der Waals surface area (Å²) in [6, 6.07) is 5.38. The van der Waals surface area contributed by atoms with Crippen molar-refractivity contribution < 1.29 is 24.3 Å². The smallest absolute Gasteiger partial charge is 0.326 e. The lowest BCUT2D eigenvalue weighted by Crippen LogP contribution is -2.58. The molecule has 0 aromatic heterocycles. The third-order valence-corrected chi connectivity index (χ3v) is 6.15. The van der Waals surface area contributed by atoms with Gasteiger partial charge in [0.2, 0.25) is 17.7 Å². The van der Waals surface area contributed by atoms with E-state index in [2.05, 4.69) is 16.0 Å². The van der Waals surface area contributed by atoms with Gasteiger partial charge in [0.1, 0.15) is 18.1 Å². The Bertz CT molecular complexity index is 834. The molecule has 4 atom stereocenters. The van der Waals surface area contributed by atoms with E-state index in [1.54, 1.807) is 0 Å². The molecule has 0 radical (unpaired) electrons. The third kappa shape index (κ3) is 11.1. The Morgan fingerprint density at radius 3 is 1.94 bits per heavy atom. The van der Waals surface area contributed by atoms with Gasteiger partial charge in [0.05, 0.1) is 6.04 Å². The molecule has 0 saturated carbocycles. The van der Waals surface area contributed by atoms with Gasteiger partial charge in [-0.2, -0.15) is 11.8 Å². The van der Waals surface area contributed by atoms with E-state index in [0.29, 0.717) is 12.2 Å². The molecule has 0 spiro atoms. The minimum absolute atomic E-state index is 0.0886. The van der Waals surface area contributed by atoms with Crippen LogP contribution in [-0.4, -0.2) is 65.0 Å². The predicted octanol–water partition coefficient (Wildman–Crippen LogP) is 1.55. The van der Waals surface area contributed by atoms with Gasteiger partial charge in [-0.05, 0) is 42.2 Å². The van der Waals surface area contributed by atoms with Crippen molar-refractivity contribution in [2.24, 2.45) is 17.6 Å². The number of carboxylic acid groups (broad SMARTS) is 1. The van der Waals surface area contributed by atoms with Gasteiger partial charge in [-0.1, -0.05) is 58.0 Å². The maximum absolute atomic E-state index is 13.2. The Hall–Kier alpha value is -2.59. The fourth-order valence-electron chi connectivity index (χ4n) is 3.37. The molecule has 6 N–H and O–H groups in total. The van der Waals surface area contributed by atoms with Crippen molar-refractivity contribution in [3.05, 3.63) is 35.9 Å². The number of nitrogens with two attached hydrogens (primary N) is 1. The zero-order valence-electron chi connectivity index (χ0n) is 21.2. The molecule has 3 amide bonds. The summed E-state index contributed by atoms with van der Waals surface area (Å²) in [7, 11) is 0. The number of hydrogen-bond acceptors (Lipinski definition) is 6. The fourth-order valence-corrected chi connectivity index (χ4v) is 3.84. The first-order chi connectivity index (χ1) is 16.5. The van der Waals surface area contributed by atoms with Crippen LogP contribution in [0.1, 0.15) is 46.1 Å². The lowest BCUT2D eigenvalue weighted by molar-refractivity contribution is -0.142. The van der Waals surface area contributed by atoms with Crippen molar-refractivity contribution in [3.63, 3.8) is 0 Å². The van der Waals surface area contributed by atoms with E-state index in [4.69, 9.17) is 5.73 Å². The highest BCUT2D eigenvalue weighted by Crippen LogP contribution is 2.10. The number of aliphatic carboxylic acids is 1. The Labute approximate surface area is 212 Å². The first-order valence-corrected chi connectivity index (χ1v) is 13.3. The molecule has 1 rings (SSSR count). The molecule has 35 heavy (non-hydrogen) atoms. The largest absolute Gasteiger partial charge is 0.480 e. The lowest BCUT2D eigenvalue weighted by atomic mass is 9.99. The van der Waals surface area contributed by atoms with Crippen LogP contribution in [0.4, 0.5) is 0 Å². The highest BCUT2D eigenvalue weighted by Gasteiger charge is 2.31. The van der Waals surface area contributed by atoms with Gasteiger partial charge in [0, 0.05) is 6.42 Å². The molecule has 0 heterocycles. The second-order valence-electron chi connectivity index (χ2n) is 9.39. The molecule has 0 aliphatic heterocycles. The van der Waals surface area contributed by atoms with Crippen LogP contribution in [0.2, 0.25) is 0 Å². The molecule has 10 heteroatoms. The Morgan fingerprint density at radius 2 is 1.43 bits per heavy atom. The fraction of sp³-hybridized carbons (Fsp3) is 0.600. The van der Waals surface area contributed by atoms with E-state index in [1.807, 2.05) is 64.3 Å². The SMILES string of the molecule is CSCCC(NC(=O)C(Cc1ccccc1)NC(=O)C(CC(C)C)NC(=O)C(N)C(C)C)C(=O)O. The summed E-state index contributed by atoms with van der Waals surface area (Å²) in [5.41, 5.74) is 6.75.